The molecule has 1 aromatic heterocycles. The molecular weight excluding hydrogens is 373 g/mol. The van der Waals surface area contributed by atoms with Crippen LogP contribution in [0.25, 0.3) is 5.69 Å². The second-order valence-electron chi connectivity index (χ2n) is 6.57. The van der Waals surface area contributed by atoms with Crippen LogP contribution in [0.2, 0.25) is 0 Å². The molecule has 0 spiro atoms. The number of nitrogens with zero attached hydrogens (tertiary/aromatic N) is 2. The minimum atomic E-state index is -0.355. The van der Waals surface area contributed by atoms with Crippen molar-refractivity contribution in [3.05, 3.63) is 69.9 Å². The maximum Gasteiger partial charge on any atom is 0.280 e. The molecule has 0 aliphatic rings. The zero-order chi connectivity index (χ0) is 21.0. The van der Waals surface area contributed by atoms with Crippen molar-refractivity contribution in [3.63, 3.8) is 0 Å². The molecule has 6 nitrogen and oxygen atoms in total. The number of aromatic amines is 1. The fourth-order valence-electron chi connectivity index (χ4n) is 3.17. The van der Waals surface area contributed by atoms with E-state index in [2.05, 4.69) is 10.1 Å². The van der Waals surface area contributed by atoms with Gasteiger partial charge in [0.1, 0.15) is 23.0 Å². The molecule has 0 amide bonds. The highest BCUT2D eigenvalue weighted by molar-refractivity contribution is 6.01. The van der Waals surface area contributed by atoms with E-state index >= 15 is 0 Å². The van der Waals surface area contributed by atoms with Gasteiger partial charge in [0.25, 0.3) is 5.56 Å². The minimum absolute atomic E-state index is 0.228. The van der Waals surface area contributed by atoms with Gasteiger partial charge in [-0.15, -0.1) is 0 Å². The lowest BCUT2D eigenvalue weighted by Gasteiger charge is -2.08. The highest BCUT2D eigenvalue weighted by Gasteiger charge is 2.18. The smallest absolute Gasteiger partial charge is 0.280 e. The first-order valence-electron chi connectivity index (χ1n) is 9.36. The number of halogens is 1. The summed E-state index contributed by atoms with van der Waals surface area (Å²) in [6.45, 7) is 3.83. The summed E-state index contributed by atoms with van der Waals surface area (Å²) in [5.74, 6) is 0.854. The second kappa shape index (κ2) is 8.77. The van der Waals surface area contributed by atoms with Crippen LogP contribution in [0.1, 0.15) is 31.5 Å². The third-order valence-corrected chi connectivity index (χ3v) is 4.59. The summed E-state index contributed by atoms with van der Waals surface area (Å²) in [5, 5.41) is 3.15. The number of benzene rings is 2. The van der Waals surface area contributed by atoms with Gasteiger partial charge in [-0.05, 0) is 49.7 Å². The number of hydrogen-bond donors (Lipinski definition) is 1. The molecule has 3 rings (SSSR count). The minimum Gasteiger partial charge on any atom is -0.497 e. The largest absolute Gasteiger partial charge is 0.497 e. The van der Waals surface area contributed by atoms with E-state index in [1.807, 2.05) is 6.92 Å². The molecule has 0 aliphatic carbocycles. The van der Waals surface area contributed by atoms with Crippen molar-refractivity contribution in [3.8, 4) is 17.2 Å². The topological polar surface area (TPSA) is 68.6 Å². The Balaban J connectivity index is 2.11. The summed E-state index contributed by atoms with van der Waals surface area (Å²) < 4.78 is 25.3. The Labute approximate surface area is 168 Å². The highest BCUT2D eigenvalue weighted by atomic mass is 19.1. The molecule has 29 heavy (non-hydrogen) atoms. The monoisotopic (exact) mass is 397 g/mol. The first-order chi connectivity index (χ1) is 14.0. The summed E-state index contributed by atoms with van der Waals surface area (Å²) >= 11 is 0. The molecular formula is C22H24FN3O3. The number of nitrogens with one attached hydrogen (secondary N) is 1. The van der Waals surface area contributed by atoms with Gasteiger partial charge in [-0.3, -0.25) is 9.89 Å². The number of ether oxygens (including phenoxy) is 2. The standard InChI is InChI=1S/C22H24FN3O3/c1-5-6-19-21(22(27)26(25-19)16-9-7-15(23)8-10-16)14(2)24-18-12-11-17(28-3)13-20(18)29-4/h7-13,25H,5-6H2,1-4H3. The summed E-state index contributed by atoms with van der Waals surface area (Å²) in [6, 6.07) is 11.1. The van der Waals surface area contributed by atoms with E-state index < -0.39 is 0 Å². The first kappa shape index (κ1) is 20.4. The molecule has 0 saturated carbocycles. The molecule has 152 valence electrons. The lowest BCUT2D eigenvalue weighted by atomic mass is 10.1. The number of H-pyrrole nitrogens is 1. The fraction of sp³-hybridized carbons (Fsp3) is 0.273. The second-order valence-corrected chi connectivity index (χ2v) is 6.57. The van der Waals surface area contributed by atoms with Gasteiger partial charge in [0, 0.05) is 11.8 Å². The highest BCUT2D eigenvalue weighted by Crippen LogP contribution is 2.32. The Morgan fingerprint density at radius 1 is 1.14 bits per heavy atom. The van der Waals surface area contributed by atoms with Crippen molar-refractivity contribution >= 4 is 11.4 Å². The SMILES string of the molecule is CCCc1[nH]n(-c2ccc(F)cc2)c(=O)c1C(C)=Nc1ccc(OC)cc1OC. The Bertz CT molecular complexity index is 1080. The van der Waals surface area contributed by atoms with Gasteiger partial charge >= 0.3 is 0 Å². The molecule has 0 saturated heterocycles. The van der Waals surface area contributed by atoms with E-state index in [9.17, 15) is 9.18 Å². The molecule has 3 aromatic rings. The third-order valence-electron chi connectivity index (χ3n) is 4.59. The normalized spacial score (nSPS) is 11.6. The van der Waals surface area contributed by atoms with Gasteiger partial charge in [-0.25, -0.2) is 14.1 Å². The quantitative estimate of drug-likeness (QED) is 0.600. The fourth-order valence-corrected chi connectivity index (χ4v) is 3.17. The van der Waals surface area contributed by atoms with Crippen molar-refractivity contribution in [2.75, 3.05) is 14.2 Å². The van der Waals surface area contributed by atoms with E-state index in [1.165, 1.54) is 16.8 Å². The molecule has 0 unspecified atom stereocenters. The van der Waals surface area contributed by atoms with Gasteiger partial charge in [-0.2, -0.15) is 0 Å². The van der Waals surface area contributed by atoms with Crippen LogP contribution < -0.4 is 15.0 Å². The molecule has 1 heterocycles. The van der Waals surface area contributed by atoms with Crippen molar-refractivity contribution in [1.82, 2.24) is 9.78 Å². The molecule has 2 aromatic carbocycles. The van der Waals surface area contributed by atoms with E-state index in [-0.39, 0.29) is 11.4 Å². The van der Waals surface area contributed by atoms with Gasteiger partial charge in [0.2, 0.25) is 0 Å². The van der Waals surface area contributed by atoms with E-state index in [0.29, 0.717) is 40.6 Å². The third kappa shape index (κ3) is 4.23. The van der Waals surface area contributed by atoms with Crippen LogP contribution >= 0.6 is 0 Å². The Kier molecular flexibility index (Phi) is 6.16. The molecule has 0 atom stereocenters. The zero-order valence-corrected chi connectivity index (χ0v) is 17.0. The van der Waals surface area contributed by atoms with Crippen LogP contribution in [0.15, 0.2) is 52.3 Å². The predicted octanol–water partition coefficient (Wildman–Crippen LogP) is 4.42. The lowest BCUT2D eigenvalue weighted by Crippen LogP contribution is -2.19. The number of hydrogen-bond acceptors (Lipinski definition) is 4. The van der Waals surface area contributed by atoms with Crippen LogP contribution in [0.4, 0.5) is 10.1 Å². The Morgan fingerprint density at radius 3 is 2.48 bits per heavy atom. The summed E-state index contributed by atoms with van der Waals surface area (Å²) in [7, 11) is 3.14. The Morgan fingerprint density at radius 2 is 1.86 bits per heavy atom. The van der Waals surface area contributed by atoms with Crippen LogP contribution in [-0.4, -0.2) is 29.7 Å². The average Bonchev–Trinajstić information content (AvgIpc) is 3.05. The lowest BCUT2D eigenvalue weighted by molar-refractivity contribution is 0.395. The molecule has 0 radical (unpaired) electrons. The predicted molar refractivity (Wildman–Crippen MR) is 112 cm³/mol. The number of aromatic nitrogens is 2. The molecule has 0 aliphatic heterocycles. The first-order valence-corrected chi connectivity index (χ1v) is 9.36. The average molecular weight is 397 g/mol. The van der Waals surface area contributed by atoms with Gasteiger partial charge in [-0.1, -0.05) is 13.3 Å². The molecule has 0 fully saturated rings. The number of methoxy groups -OCH3 is 2. The molecule has 7 heteroatoms. The number of rotatable bonds is 7. The van der Waals surface area contributed by atoms with E-state index in [1.54, 1.807) is 51.5 Å². The number of aryl methyl sites for hydroxylation is 1. The van der Waals surface area contributed by atoms with E-state index in [0.717, 1.165) is 12.1 Å². The van der Waals surface area contributed by atoms with Gasteiger partial charge < -0.3 is 9.47 Å². The van der Waals surface area contributed by atoms with Crippen LogP contribution in [0.3, 0.4) is 0 Å². The van der Waals surface area contributed by atoms with Gasteiger partial charge in [0.15, 0.2) is 0 Å². The van der Waals surface area contributed by atoms with Crippen molar-refractivity contribution in [2.24, 2.45) is 4.99 Å². The van der Waals surface area contributed by atoms with Crippen molar-refractivity contribution in [1.29, 1.82) is 0 Å². The molecule has 1 N–H and O–H groups in total. The van der Waals surface area contributed by atoms with Crippen molar-refractivity contribution < 1.29 is 13.9 Å². The van der Waals surface area contributed by atoms with E-state index in [4.69, 9.17) is 9.47 Å². The molecule has 0 bridgehead atoms. The summed E-state index contributed by atoms with van der Waals surface area (Å²) in [6.07, 6.45) is 1.54. The Hall–Kier alpha value is -3.35. The number of aliphatic imine (C=N–C) groups is 1. The van der Waals surface area contributed by atoms with Crippen LogP contribution in [-0.2, 0) is 6.42 Å². The van der Waals surface area contributed by atoms with Crippen LogP contribution in [0, 0.1) is 5.82 Å². The zero-order valence-electron chi connectivity index (χ0n) is 17.0. The summed E-state index contributed by atoms with van der Waals surface area (Å²) in [5.41, 5.74) is 2.80. The maximum atomic E-state index is 13.3. The maximum absolute atomic E-state index is 13.3. The van der Waals surface area contributed by atoms with Gasteiger partial charge in [0.05, 0.1) is 31.2 Å². The summed E-state index contributed by atoms with van der Waals surface area (Å²) in [4.78, 5) is 17.8. The van der Waals surface area contributed by atoms with Crippen molar-refractivity contribution in [2.45, 2.75) is 26.7 Å². The van der Waals surface area contributed by atoms with Crippen LogP contribution in [0.5, 0.6) is 11.5 Å².